The van der Waals surface area contributed by atoms with Crippen LogP contribution in [0.5, 0.6) is 5.75 Å². The van der Waals surface area contributed by atoms with Gasteiger partial charge >= 0.3 is 5.69 Å². The van der Waals surface area contributed by atoms with Crippen LogP contribution in [-0.4, -0.2) is 10.0 Å². The first-order chi connectivity index (χ1) is 6.11. The highest BCUT2D eigenvalue weighted by molar-refractivity contribution is 9.10. The Hall–Kier alpha value is -1.10. The fourth-order valence-electron chi connectivity index (χ4n) is 1.43. The summed E-state index contributed by atoms with van der Waals surface area (Å²) in [6.07, 6.45) is 1.73. The zero-order valence-corrected chi connectivity index (χ0v) is 8.17. The zero-order valence-electron chi connectivity index (χ0n) is 6.58. The van der Waals surface area contributed by atoms with Crippen LogP contribution in [0.3, 0.4) is 0 Å². The number of halogens is 1. The molecule has 0 saturated heterocycles. The smallest absolute Gasteiger partial charge is 0.312 e. The van der Waals surface area contributed by atoms with E-state index < -0.39 is 4.92 Å². The second-order valence-corrected chi connectivity index (χ2v) is 3.75. The number of rotatable bonds is 1. The molecular formula is C8H6BrNO3. The van der Waals surface area contributed by atoms with E-state index in [1.807, 2.05) is 0 Å². The molecule has 0 aromatic heterocycles. The molecule has 1 aliphatic carbocycles. The first-order valence-electron chi connectivity index (χ1n) is 3.79. The number of nitro benzene ring substituents is 1. The summed E-state index contributed by atoms with van der Waals surface area (Å²) in [4.78, 5) is 9.92. The highest BCUT2D eigenvalue weighted by Gasteiger charge is 2.26. The van der Waals surface area contributed by atoms with Gasteiger partial charge in [-0.15, -0.1) is 0 Å². The number of aromatic hydroxyl groups is 1. The van der Waals surface area contributed by atoms with Gasteiger partial charge in [0.05, 0.1) is 9.40 Å². The van der Waals surface area contributed by atoms with Crippen molar-refractivity contribution in [2.75, 3.05) is 0 Å². The average Bonchev–Trinajstić information content (AvgIpc) is 1.99. The Morgan fingerprint density at radius 3 is 2.69 bits per heavy atom. The molecule has 13 heavy (non-hydrogen) atoms. The summed E-state index contributed by atoms with van der Waals surface area (Å²) in [5.41, 5.74) is 1.73. The van der Waals surface area contributed by atoms with Crippen molar-refractivity contribution < 1.29 is 10.0 Å². The van der Waals surface area contributed by atoms with Crippen LogP contribution in [-0.2, 0) is 12.8 Å². The lowest BCUT2D eigenvalue weighted by Gasteiger charge is -2.20. The number of phenolic OH excluding ortho intramolecular Hbond substituents is 1. The Kier molecular flexibility index (Phi) is 1.76. The highest BCUT2D eigenvalue weighted by Crippen LogP contribution is 2.42. The number of fused-ring (bicyclic) bond motifs is 1. The van der Waals surface area contributed by atoms with Gasteiger partial charge in [-0.05, 0) is 39.9 Å². The van der Waals surface area contributed by atoms with Gasteiger partial charge in [0, 0.05) is 6.07 Å². The third-order valence-corrected chi connectivity index (χ3v) is 3.11. The van der Waals surface area contributed by atoms with Gasteiger partial charge in [-0.1, -0.05) is 0 Å². The molecule has 4 nitrogen and oxygen atoms in total. The maximum Gasteiger partial charge on any atom is 0.312 e. The molecule has 1 aliphatic rings. The van der Waals surface area contributed by atoms with Crippen LogP contribution in [0.4, 0.5) is 5.69 Å². The molecule has 1 N–H and O–H groups in total. The van der Waals surface area contributed by atoms with E-state index in [4.69, 9.17) is 0 Å². The van der Waals surface area contributed by atoms with E-state index in [-0.39, 0.29) is 11.4 Å². The Labute approximate surface area is 82.5 Å². The minimum absolute atomic E-state index is 0.217. The van der Waals surface area contributed by atoms with Crippen molar-refractivity contribution in [3.05, 3.63) is 31.8 Å². The van der Waals surface area contributed by atoms with Gasteiger partial charge in [-0.3, -0.25) is 10.1 Å². The second kappa shape index (κ2) is 2.70. The molecule has 0 fully saturated rings. The fraction of sp³-hybridized carbons (Fsp3) is 0.250. The summed E-state index contributed by atoms with van der Waals surface area (Å²) in [6.45, 7) is 0. The monoisotopic (exact) mass is 243 g/mol. The van der Waals surface area contributed by atoms with Gasteiger partial charge < -0.3 is 5.11 Å². The minimum Gasteiger partial charge on any atom is -0.501 e. The Morgan fingerprint density at radius 1 is 1.54 bits per heavy atom. The number of phenols is 1. The van der Waals surface area contributed by atoms with Crippen LogP contribution >= 0.6 is 15.9 Å². The lowest BCUT2D eigenvalue weighted by molar-refractivity contribution is -0.386. The predicted octanol–water partition coefficient (Wildman–Crippen LogP) is 2.16. The molecule has 0 bridgehead atoms. The predicted molar refractivity (Wildman–Crippen MR) is 49.9 cm³/mol. The van der Waals surface area contributed by atoms with Crippen molar-refractivity contribution in [1.29, 1.82) is 0 Å². The van der Waals surface area contributed by atoms with Crippen molar-refractivity contribution in [3.63, 3.8) is 0 Å². The van der Waals surface area contributed by atoms with E-state index >= 15 is 0 Å². The molecule has 0 unspecified atom stereocenters. The normalized spacial score (nSPS) is 13.3. The quantitative estimate of drug-likeness (QED) is 0.608. The molecule has 68 valence electrons. The van der Waals surface area contributed by atoms with E-state index in [1.54, 1.807) is 0 Å². The van der Waals surface area contributed by atoms with Gasteiger partial charge in [0.15, 0.2) is 0 Å². The lowest BCUT2D eigenvalue weighted by atomic mass is 9.88. The first kappa shape index (κ1) is 8.50. The molecule has 1 aromatic carbocycles. The molecule has 0 aliphatic heterocycles. The minimum atomic E-state index is -0.571. The number of nitro groups is 1. The van der Waals surface area contributed by atoms with Gasteiger partial charge in [0.2, 0.25) is 5.75 Å². The van der Waals surface area contributed by atoms with Gasteiger partial charge in [-0.2, -0.15) is 0 Å². The highest BCUT2D eigenvalue weighted by atomic mass is 79.9. The van der Waals surface area contributed by atoms with E-state index in [0.717, 1.165) is 24.0 Å². The van der Waals surface area contributed by atoms with E-state index in [9.17, 15) is 15.2 Å². The molecule has 0 amide bonds. The number of hydrogen-bond donors (Lipinski definition) is 1. The van der Waals surface area contributed by atoms with Crippen LogP contribution in [0.2, 0.25) is 0 Å². The van der Waals surface area contributed by atoms with Crippen LogP contribution in [0.1, 0.15) is 11.1 Å². The van der Waals surface area contributed by atoms with Crippen LogP contribution in [0.15, 0.2) is 10.5 Å². The van der Waals surface area contributed by atoms with E-state index in [2.05, 4.69) is 15.9 Å². The van der Waals surface area contributed by atoms with Gasteiger partial charge in [-0.25, -0.2) is 0 Å². The average molecular weight is 244 g/mol. The number of benzene rings is 1. The van der Waals surface area contributed by atoms with Crippen molar-refractivity contribution in [2.24, 2.45) is 0 Å². The zero-order chi connectivity index (χ0) is 9.59. The maximum atomic E-state index is 10.5. The molecule has 0 atom stereocenters. The summed E-state index contributed by atoms with van der Waals surface area (Å²) in [7, 11) is 0. The van der Waals surface area contributed by atoms with Crippen LogP contribution in [0.25, 0.3) is 0 Å². The van der Waals surface area contributed by atoms with Gasteiger partial charge in [0.25, 0.3) is 0 Å². The third kappa shape index (κ3) is 1.11. The van der Waals surface area contributed by atoms with Crippen molar-refractivity contribution in [2.45, 2.75) is 12.8 Å². The van der Waals surface area contributed by atoms with E-state index in [1.165, 1.54) is 6.07 Å². The largest absolute Gasteiger partial charge is 0.501 e. The summed E-state index contributed by atoms with van der Waals surface area (Å²) < 4.78 is 0.475. The summed E-state index contributed by atoms with van der Waals surface area (Å²) in [5.74, 6) is -0.261. The molecule has 0 heterocycles. The standard InChI is InChI=1S/C8H6BrNO3/c9-7-5-2-1-4(5)3-6(8(7)11)10(12)13/h3,11H,1-2H2. The molecule has 0 saturated carbocycles. The van der Waals surface area contributed by atoms with Crippen LogP contribution in [0, 0.1) is 10.1 Å². The lowest BCUT2D eigenvalue weighted by Crippen LogP contribution is -2.10. The molecule has 0 radical (unpaired) electrons. The van der Waals surface area contributed by atoms with Crippen LogP contribution < -0.4 is 0 Å². The summed E-state index contributed by atoms with van der Waals surface area (Å²) in [5, 5.41) is 19.9. The van der Waals surface area contributed by atoms with Crippen molar-refractivity contribution >= 4 is 21.6 Å². The maximum absolute atomic E-state index is 10.5. The fourth-order valence-corrected chi connectivity index (χ4v) is 2.09. The van der Waals surface area contributed by atoms with Crippen molar-refractivity contribution in [3.8, 4) is 5.75 Å². The first-order valence-corrected chi connectivity index (χ1v) is 4.58. The Balaban J connectivity index is 2.66. The van der Waals surface area contributed by atoms with Gasteiger partial charge in [0.1, 0.15) is 0 Å². The van der Waals surface area contributed by atoms with E-state index in [0.29, 0.717) is 4.47 Å². The molecule has 0 spiro atoms. The third-order valence-electron chi connectivity index (χ3n) is 2.26. The second-order valence-electron chi connectivity index (χ2n) is 2.95. The number of aryl methyl sites for hydroxylation is 1. The molecule has 5 heteroatoms. The Bertz CT molecular complexity index is 403. The Morgan fingerprint density at radius 2 is 2.23 bits per heavy atom. The van der Waals surface area contributed by atoms with Crippen molar-refractivity contribution in [1.82, 2.24) is 0 Å². The summed E-state index contributed by atoms with van der Waals surface area (Å²) in [6, 6.07) is 1.44. The molecular weight excluding hydrogens is 238 g/mol. The summed E-state index contributed by atoms with van der Waals surface area (Å²) >= 11 is 3.15. The SMILES string of the molecule is O=[N+]([O-])c1cc2c(c(Br)c1O)CC2. The number of nitrogens with zero attached hydrogens (tertiary/aromatic N) is 1. The molecule has 2 rings (SSSR count). The topological polar surface area (TPSA) is 63.4 Å². The number of hydrogen-bond acceptors (Lipinski definition) is 3. The molecule has 1 aromatic rings.